The minimum atomic E-state index is -3.35. The summed E-state index contributed by atoms with van der Waals surface area (Å²) in [5.41, 5.74) is 9.55. The summed E-state index contributed by atoms with van der Waals surface area (Å²) < 4.78 is 38.8. The number of carbonyl (C=O) groups is 1. The van der Waals surface area contributed by atoms with E-state index in [1.807, 2.05) is 69.3 Å². The van der Waals surface area contributed by atoms with Crippen molar-refractivity contribution in [1.82, 2.24) is 9.62 Å². The van der Waals surface area contributed by atoms with Gasteiger partial charge in [0.15, 0.2) is 0 Å². The van der Waals surface area contributed by atoms with E-state index >= 15 is 8.78 Å². The fraction of sp³-hybridized carbons (Fsp3) is 0.486. The number of nitrogens with two attached hydrogens (primary N) is 1. The zero-order valence-corrected chi connectivity index (χ0v) is 28.1. The molecule has 3 aromatic rings. The monoisotopic (exact) mass is 639 g/mol. The van der Waals surface area contributed by atoms with Crippen LogP contribution < -0.4 is 10.5 Å². The van der Waals surface area contributed by atoms with E-state index in [4.69, 9.17) is 10.5 Å². The minimum Gasteiger partial charge on any atom is -0.378 e. The van der Waals surface area contributed by atoms with Gasteiger partial charge in [0.1, 0.15) is 12.3 Å². The van der Waals surface area contributed by atoms with Crippen LogP contribution in [-0.4, -0.2) is 56.1 Å². The van der Waals surface area contributed by atoms with Crippen LogP contribution in [-0.2, 0) is 21.9 Å². The number of nitrogens with one attached hydrogen (secondary N) is 1. The van der Waals surface area contributed by atoms with Crippen molar-refractivity contribution >= 4 is 18.2 Å². The van der Waals surface area contributed by atoms with Gasteiger partial charge < -0.3 is 20.2 Å². The lowest BCUT2D eigenvalue weighted by Gasteiger charge is -2.25. The van der Waals surface area contributed by atoms with Gasteiger partial charge in [0.05, 0.1) is 12.7 Å². The number of alkyl halides is 2. The number of rotatable bonds is 11. The zero-order valence-electron chi connectivity index (χ0n) is 27.3. The first-order chi connectivity index (χ1) is 21.7. The third-order valence-corrected chi connectivity index (χ3v) is 9.10. The number of likely N-dealkylation sites (tertiary alicyclic amines) is 1. The number of benzene rings is 3. The predicted octanol–water partition coefficient (Wildman–Crippen LogP) is 8.19. The van der Waals surface area contributed by atoms with Crippen molar-refractivity contribution in [3.63, 3.8) is 0 Å². The first-order valence-electron chi connectivity index (χ1n) is 16.3. The summed E-state index contributed by atoms with van der Waals surface area (Å²) in [6, 6.07) is 20.5. The molecule has 0 spiro atoms. The molecule has 0 amide bonds. The van der Waals surface area contributed by atoms with E-state index < -0.39 is 12.0 Å². The highest BCUT2D eigenvalue weighted by molar-refractivity contribution is 7.97. The molecular formula is C37H51F2N3O2S. The van der Waals surface area contributed by atoms with Crippen molar-refractivity contribution in [2.45, 2.75) is 94.7 Å². The van der Waals surface area contributed by atoms with E-state index in [9.17, 15) is 4.79 Å². The third-order valence-electron chi connectivity index (χ3n) is 8.22. The Labute approximate surface area is 273 Å². The lowest BCUT2D eigenvalue weighted by molar-refractivity contribution is -0.119. The van der Waals surface area contributed by atoms with E-state index in [-0.39, 0.29) is 11.8 Å². The molecular weight excluding hydrogens is 588 g/mol. The van der Waals surface area contributed by atoms with Crippen LogP contribution in [0.1, 0.15) is 69.1 Å². The highest BCUT2D eigenvalue weighted by Gasteiger charge is 2.41. The molecule has 5 rings (SSSR count). The van der Waals surface area contributed by atoms with Crippen molar-refractivity contribution in [1.29, 1.82) is 0 Å². The Bertz CT molecular complexity index is 1230. The van der Waals surface area contributed by atoms with Gasteiger partial charge in [-0.1, -0.05) is 92.9 Å². The van der Waals surface area contributed by atoms with Crippen molar-refractivity contribution < 1.29 is 18.3 Å². The van der Waals surface area contributed by atoms with Crippen molar-refractivity contribution in [3.05, 3.63) is 89.5 Å². The zero-order chi connectivity index (χ0) is 32.7. The largest absolute Gasteiger partial charge is 0.378 e. The molecule has 1 saturated carbocycles. The number of hydrogen-bond donors (Lipinski definition) is 2. The average molecular weight is 640 g/mol. The fourth-order valence-corrected chi connectivity index (χ4v) is 6.02. The highest BCUT2D eigenvalue weighted by Crippen LogP contribution is 2.34. The van der Waals surface area contributed by atoms with Crippen LogP contribution in [0.5, 0.6) is 0 Å². The second-order valence-electron chi connectivity index (χ2n) is 11.7. The van der Waals surface area contributed by atoms with E-state index in [0.717, 1.165) is 58.4 Å². The van der Waals surface area contributed by atoms with Crippen molar-refractivity contribution in [2.24, 2.45) is 5.73 Å². The molecule has 3 N–H and O–H groups in total. The molecule has 1 saturated heterocycles. The summed E-state index contributed by atoms with van der Waals surface area (Å²) >= 11 is 1.04. The van der Waals surface area contributed by atoms with Crippen LogP contribution in [0.25, 0.3) is 11.1 Å². The lowest BCUT2D eigenvalue weighted by Crippen LogP contribution is -2.41. The molecule has 3 aromatic carbocycles. The van der Waals surface area contributed by atoms with Gasteiger partial charge in [0, 0.05) is 16.5 Å². The molecule has 1 aliphatic carbocycles. The van der Waals surface area contributed by atoms with Crippen molar-refractivity contribution in [3.8, 4) is 11.1 Å². The topological polar surface area (TPSA) is 67.6 Å². The molecule has 246 valence electrons. The summed E-state index contributed by atoms with van der Waals surface area (Å²) in [4.78, 5) is 14.7. The quantitative estimate of drug-likeness (QED) is 0.163. The maximum atomic E-state index is 15.1. The van der Waals surface area contributed by atoms with Gasteiger partial charge >= 0.3 is 0 Å². The molecule has 0 aromatic heterocycles. The Kier molecular flexibility index (Phi) is 15.7. The second-order valence-corrected chi connectivity index (χ2v) is 12.6. The molecule has 2 fully saturated rings. The normalized spacial score (nSPS) is 16.7. The molecule has 1 atom stereocenters. The Morgan fingerprint density at radius 3 is 2.02 bits per heavy atom. The number of hydrogen-bond acceptors (Lipinski definition) is 6. The van der Waals surface area contributed by atoms with Crippen LogP contribution >= 0.6 is 11.9 Å². The number of piperidine rings is 1. The molecule has 0 bridgehead atoms. The maximum Gasteiger partial charge on any atom is 0.295 e. The van der Waals surface area contributed by atoms with E-state index in [1.165, 1.54) is 50.9 Å². The Balaban J connectivity index is 0.000000475. The van der Waals surface area contributed by atoms with Crippen LogP contribution in [0.15, 0.2) is 77.7 Å². The number of aldehydes is 1. The molecule has 8 heteroatoms. The standard InChI is InChI=1S/C29H31F2NO2S.C6H14N2.C2H6/c1-21-6-10-23(11-7-21)24-12-14-25(15-13-24)29(30,31)28(20-33)32-35-27-16-8-22(9-17-27)18-19-34-26-4-2-3-5-26;1-8-4-2-6(7)3-5-8;1-2/h6-17,20,26,28,32H,2-5,18-19H2,1H3;6H,2-5,7H2,1H3;1-2H3. The molecule has 45 heavy (non-hydrogen) atoms. The van der Waals surface area contributed by atoms with E-state index in [1.54, 1.807) is 12.1 Å². The third kappa shape index (κ3) is 11.9. The van der Waals surface area contributed by atoms with Gasteiger partial charge in [0.25, 0.3) is 5.92 Å². The van der Waals surface area contributed by atoms with Gasteiger partial charge in [-0.25, -0.2) is 4.72 Å². The van der Waals surface area contributed by atoms with Gasteiger partial charge in [-0.05, 0) is 99.9 Å². The SMILES string of the molecule is CC.CN1CCC(N)CC1.Cc1ccc(-c2ccc(C(F)(F)C(C=O)NSc3ccc(CCOC4CCCC4)cc3)cc2)cc1. The maximum absolute atomic E-state index is 15.1. The Morgan fingerprint density at radius 2 is 1.49 bits per heavy atom. The average Bonchev–Trinajstić information content (AvgIpc) is 3.59. The molecule has 1 aliphatic heterocycles. The number of halogens is 2. The van der Waals surface area contributed by atoms with Gasteiger partial charge in [-0.15, -0.1) is 0 Å². The molecule has 1 heterocycles. The number of nitrogens with zero attached hydrogens (tertiary/aromatic N) is 1. The number of ether oxygens (including phenoxy) is 1. The Morgan fingerprint density at radius 1 is 0.933 bits per heavy atom. The minimum absolute atomic E-state index is 0.198. The summed E-state index contributed by atoms with van der Waals surface area (Å²) in [6.07, 6.45) is 8.66. The second kappa shape index (κ2) is 19.1. The van der Waals surface area contributed by atoms with Crippen molar-refractivity contribution in [2.75, 3.05) is 26.7 Å². The van der Waals surface area contributed by atoms with Gasteiger partial charge in [-0.3, -0.25) is 0 Å². The first-order valence-corrected chi connectivity index (χ1v) is 17.1. The molecule has 1 unspecified atom stereocenters. The smallest absolute Gasteiger partial charge is 0.295 e. The van der Waals surface area contributed by atoms with Gasteiger partial charge in [-0.2, -0.15) is 8.78 Å². The summed E-state index contributed by atoms with van der Waals surface area (Å²) in [6.45, 7) is 9.05. The molecule has 5 nitrogen and oxygen atoms in total. The van der Waals surface area contributed by atoms with Crippen LogP contribution in [0.3, 0.4) is 0 Å². The lowest BCUT2D eigenvalue weighted by atomic mass is 9.98. The summed E-state index contributed by atoms with van der Waals surface area (Å²) in [7, 11) is 2.14. The first kappa shape index (κ1) is 36.8. The van der Waals surface area contributed by atoms with Gasteiger partial charge in [0.2, 0.25) is 0 Å². The summed E-state index contributed by atoms with van der Waals surface area (Å²) in [5.74, 6) is -3.35. The number of carbonyl (C=O) groups excluding carboxylic acids is 1. The number of aryl methyl sites for hydroxylation is 1. The molecule has 2 aliphatic rings. The van der Waals surface area contributed by atoms with E-state index in [0.29, 0.717) is 18.8 Å². The highest BCUT2D eigenvalue weighted by atomic mass is 32.2. The van der Waals surface area contributed by atoms with Crippen LogP contribution in [0.4, 0.5) is 8.78 Å². The Hall–Kier alpha value is -2.62. The van der Waals surface area contributed by atoms with E-state index in [2.05, 4.69) is 16.7 Å². The fourth-order valence-electron chi connectivity index (χ4n) is 5.28. The predicted molar refractivity (Wildman–Crippen MR) is 184 cm³/mol. The van der Waals surface area contributed by atoms with Crippen LogP contribution in [0.2, 0.25) is 0 Å². The summed E-state index contributed by atoms with van der Waals surface area (Å²) in [5, 5.41) is 0. The molecule has 0 radical (unpaired) electrons. The van der Waals surface area contributed by atoms with Crippen LogP contribution in [0, 0.1) is 6.92 Å².